The van der Waals surface area contributed by atoms with E-state index in [2.05, 4.69) is 23.4 Å². The highest BCUT2D eigenvalue weighted by atomic mass is 35.5. The second kappa shape index (κ2) is 9.59. The van der Waals surface area contributed by atoms with Crippen molar-refractivity contribution in [2.75, 3.05) is 18.9 Å². The molecule has 0 amide bonds. The van der Waals surface area contributed by atoms with E-state index in [9.17, 15) is 0 Å². The Hall–Kier alpha value is -1.43. The van der Waals surface area contributed by atoms with Crippen LogP contribution in [0.3, 0.4) is 0 Å². The zero-order chi connectivity index (χ0) is 20.2. The molecule has 2 unspecified atom stereocenters. The normalized spacial score (nSPS) is 21.8. The molecule has 4 nitrogen and oxygen atoms in total. The number of aromatic amines is 1. The lowest BCUT2D eigenvalue weighted by molar-refractivity contribution is 0.245. The molecule has 1 fully saturated rings. The van der Waals surface area contributed by atoms with Crippen molar-refractivity contribution in [2.45, 2.75) is 51.5 Å². The summed E-state index contributed by atoms with van der Waals surface area (Å²) >= 11 is 7.67. The van der Waals surface area contributed by atoms with E-state index in [-0.39, 0.29) is 0 Å². The van der Waals surface area contributed by atoms with E-state index in [1.807, 2.05) is 24.3 Å². The molecule has 6 heteroatoms. The molecule has 3 heterocycles. The zero-order valence-electron chi connectivity index (χ0n) is 17.1. The molecule has 0 bridgehead atoms. The van der Waals surface area contributed by atoms with Crippen LogP contribution in [-0.4, -0.2) is 33.8 Å². The van der Waals surface area contributed by atoms with Gasteiger partial charge in [0.05, 0.1) is 24.5 Å². The molecule has 1 aromatic heterocycles. The summed E-state index contributed by atoms with van der Waals surface area (Å²) < 4.78 is 5.44. The van der Waals surface area contributed by atoms with Gasteiger partial charge < -0.3 is 14.1 Å². The summed E-state index contributed by atoms with van der Waals surface area (Å²) in [6.07, 6.45) is 5.80. The third kappa shape index (κ3) is 5.01. The molecule has 29 heavy (non-hydrogen) atoms. The van der Waals surface area contributed by atoms with Crippen LogP contribution in [0.2, 0.25) is 5.02 Å². The van der Waals surface area contributed by atoms with Crippen molar-refractivity contribution >= 4 is 23.6 Å². The summed E-state index contributed by atoms with van der Waals surface area (Å²) in [7, 11) is 0. The highest BCUT2D eigenvalue weighted by Crippen LogP contribution is 2.36. The Morgan fingerprint density at radius 3 is 2.93 bits per heavy atom. The number of allylic oxidation sites excluding steroid dienone is 1. The average Bonchev–Trinajstić information content (AvgIpc) is 3.17. The topological polar surface area (TPSA) is 41.1 Å². The molecule has 2 atom stereocenters. The highest BCUT2D eigenvalue weighted by molar-refractivity contribution is 7.94. The maximum atomic E-state index is 6.06. The molecular formula is C23H30ClN3OS. The summed E-state index contributed by atoms with van der Waals surface area (Å²) in [5, 5.41) is 0.750. The molecule has 0 spiro atoms. The van der Waals surface area contributed by atoms with Crippen LogP contribution in [-0.2, 0) is 10.7 Å². The average molecular weight is 432 g/mol. The van der Waals surface area contributed by atoms with Crippen LogP contribution < -0.4 is 0 Å². The van der Waals surface area contributed by atoms with Gasteiger partial charge in [0.15, 0.2) is 0 Å². The standard InChI is InChI=1S/C23H30ClN3OS/c1-3-4-5-19-13-27(16(2)12-17-10-11-28-29-15-17)14-21-22(19)26-23(25-21)18-6-8-20(24)9-7-18/h6-9,17,19H,2-5,10-15H2,1H3,(H,25,26). The summed E-state index contributed by atoms with van der Waals surface area (Å²) in [6, 6.07) is 7.92. The summed E-state index contributed by atoms with van der Waals surface area (Å²) in [5.74, 6) is 3.14. The number of unbranched alkanes of at least 4 members (excludes halogenated alkanes) is 1. The number of halogens is 1. The van der Waals surface area contributed by atoms with E-state index in [1.54, 1.807) is 12.0 Å². The zero-order valence-corrected chi connectivity index (χ0v) is 18.7. The van der Waals surface area contributed by atoms with Crippen LogP contribution in [0.25, 0.3) is 11.4 Å². The van der Waals surface area contributed by atoms with Crippen LogP contribution in [0.4, 0.5) is 0 Å². The Kier molecular flexibility index (Phi) is 6.88. The van der Waals surface area contributed by atoms with Gasteiger partial charge in [-0.25, -0.2) is 4.98 Å². The van der Waals surface area contributed by atoms with Gasteiger partial charge in [0, 0.05) is 34.5 Å². The largest absolute Gasteiger partial charge is 0.369 e. The van der Waals surface area contributed by atoms with E-state index in [0.717, 1.165) is 54.7 Å². The van der Waals surface area contributed by atoms with Crippen molar-refractivity contribution in [3.05, 3.63) is 53.0 Å². The fraction of sp³-hybridized carbons (Fsp3) is 0.522. The maximum Gasteiger partial charge on any atom is 0.137 e. The van der Waals surface area contributed by atoms with Crippen molar-refractivity contribution in [3.63, 3.8) is 0 Å². The van der Waals surface area contributed by atoms with Crippen molar-refractivity contribution < 1.29 is 4.18 Å². The fourth-order valence-corrected chi connectivity index (χ4v) is 5.19. The van der Waals surface area contributed by atoms with Crippen molar-refractivity contribution in [2.24, 2.45) is 5.92 Å². The van der Waals surface area contributed by atoms with Gasteiger partial charge in [-0.3, -0.25) is 0 Å². The van der Waals surface area contributed by atoms with Gasteiger partial charge in [-0.15, -0.1) is 0 Å². The number of nitrogens with zero attached hydrogens (tertiary/aromatic N) is 2. The van der Waals surface area contributed by atoms with E-state index in [0.29, 0.717) is 11.8 Å². The Bertz CT molecular complexity index is 829. The number of rotatable bonds is 7. The third-order valence-corrected chi connectivity index (χ3v) is 7.17. The maximum absolute atomic E-state index is 6.06. The minimum atomic E-state index is 0.455. The predicted molar refractivity (Wildman–Crippen MR) is 122 cm³/mol. The minimum absolute atomic E-state index is 0.455. The molecule has 1 aromatic carbocycles. The van der Waals surface area contributed by atoms with Gasteiger partial charge in [-0.1, -0.05) is 37.9 Å². The second-order valence-electron chi connectivity index (χ2n) is 8.21. The molecule has 0 aliphatic carbocycles. The van der Waals surface area contributed by atoms with Crippen molar-refractivity contribution in [1.29, 1.82) is 0 Å². The summed E-state index contributed by atoms with van der Waals surface area (Å²) in [4.78, 5) is 11.1. The molecule has 0 saturated carbocycles. The van der Waals surface area contributed by atoms with E-state index < -0.39 is 0 Å². The molecule has 156 valence electrons. The molecular weight excluding hydrogens is 402 g/mol. The smallest absolute Gasteiger partial charge is 0.137 e. The second-order valence-corrected chi connectivity index (χ2v) is 9.45. The van der Waals surface area contributed by atoms with Gasteiger partial charge >= 0.3 is 0 Å². The Morgan fingerprint density at radius 1 is 1.38 bits per heavy atom. The van der Waals surface area contributed by atoms with Gasteiger partial charge in [-0.05, 0) is 61.5 Å². The number of imidazole rings is 1. The van der Waals surface area contributed by atoms with Crippen molar-refractivity contribution in [1.82, 2.24) is 14.9 Å². The van der Waals surface area contributed by atoms with Gasteiger partial charge in [-0.2, -0.15) is 0 Å². The molecule has 2 aromatic rings. The first-order chi connectivity index (χ1) is 14.1. The van der Waals surface area contributed by atoms with Gasteiger partial charge in [0.25, 0.3) is 0 Å². The van der Waals surface area contributed by atoms with Crippen LogP contribution in [0, 0.1) is 5.92 Å². The minimum Gasteiger partial charge on any atom is -0.369 e. The molecule has 1 N–H and O–H groups in total. The number of hydrogen-bond donors (Lipinski definition) is 1. The lowest BCUT2D eigenvalue weighted by atomic mass is 9.92. The number of fused-ring (bicyclic) bond motifs is 1. The van der Waals surface area contributed by atoms with Crippen molar-refractivity contribution in [3.8, 4) is 11.4 Å². The van der Waals surface area contributed by atoms with E-state index in [1.165, 1.54) is 36.3 Å². The highest BCUT2D eigenvalue weighted by Gasteiger charge is 2.30. The quantitative estimate of drug-likeness (QED) is 0.514. The number of aromatic nitrogens is 2. The summed E-state index contributed by atoms with van der Waals surface area (Å²) in [6.45, 7) is 9.47. The van der Waals surface area contributed by atoms with Crippen LogP contribution >= 0.6 is 23.6 Å². The summed E-state index contributed by atoms with van der Waals surface area (Å²) in [5.41, 5.74) is 4.83. The molecule has 1 saturated heterocycles. The number of nitrogens with one attached hydrogen (secondary N) is 1. The van der Waals surface area contributed by atoms with E-state index >= 15 is 0 Å². The Labute approximate surface area is 183 Å². The van der Waals surface area contributed by atoms with Crippen LogP contribution in [0.5, 0.6) is 0 Å². The lowest BCUT2D eigenvalue weighted by Gasteiger charge is -2.36. The monoisotopic (exact) mass is 431 g/mol. The Morgan fingerprint density at radius 2 is 2.21 bits per heavy atom. The number of H-pyrrole nitrogens is 1. The molecule has 0 radical (unpaired) electrons. The molecule has 2 aliphatic rings. The first-order valence-electron chi connectivity index (χ1n) is 10.7. The number of hydrogen-bond acceptors (Lipinski definition) is 4. The SMILES string of the molecule is C=C(CC1CCOSC1)N1Cc2[nH]c(-c3ccc(Cl)cc3)nc2C(CCCC)C1. The van der Waals surface area contributed by atoms with Crippen LogP contribution in [0.1, 0.15) is 56.3 Å². The Balaban J connectivity index is 1.53. The number of benzene rings is 1. The van der Waals surface area contributed by atoms with Gasteiger partial charge in [0.2, 0.25) is 0 Å². The van der Waals surface area contributed by atoms with Gasteiger partial charge in [0.1, 0.15) is 5.82 Å². The van der Waals surface area contributed by atoms with E-state index in [4.69, 9.17) is 20.8 Å². The lowest BCUT2D eigenvalue weighted by Crippen LogP contribution is -2.34. The molecule has 4 rings (SSSR count). The van der Waals surface area contributed by atoms with Crippen LogP contribution in [0.15, 0.2) is 36.5 Å². The molecule has 2 aliphatic heterocycles. The first-order valence-corrected chi connectivity index (χ1v) is 11.9. The first kappa shape index (κ1) is 20.8. The fourth-order valence-electron chi connectivity index (χ4n) is 4.28. The third-order valence-electron chi connectivity index (χ3n) is 5.98. The predicted octanol–water partition coefficient (Wildman–Crippen LogP) is 6.41.